The number of aliphatic hydroxyl groups excluding tert-OH is 1. The van der Waals surface area contributed by atoms with Crippen molar-refractivity contribution >= 4 is 7.85 Å². The number of nitrogens with zero attached hydrogens (tertiary/aromatic N) is 1. The molecule has 1 heterocycles. The van der Waals surface area contributed by atoms with Crippen LogP contribution < -0.4 is 9.47 Å². The van der Waals surface area contributed by atoms with E-state index < -0.39 is 0 Å². The summed E-state index contributed by atoms with van der Waals surface area (Å²) in [6.07, 6.45) is 3.05. The number of hydrogen-bond acceptors (Lipinski definition) is 4. The molecule has 4 atom stereocenters. The molecule has 1 N–H and O–H groups in total. The standard InChI is InChI=1S/C9H16BNO.C8H10O2/c1-11-5-4-6-2-3-7(12)8(10)9(6)11;1-9-7-5-3-4-6-8(7)10-2/h6-9,12H,2-5H2,1H3;3-6H,1-2H3. The molecule has 4 nitrogen and oxygen atoms in total. The van der Waals surface area contributed by atoms with E-state index in [1.165, 1.54) is 6.42 Å². The van der Waals surface area contributed by atoms with E-state index in [2.05, 4.69) is 11.9 Å². The van der Waals surface area contributed by atoms with Gasteiger partial charge in [0.05, 0.1) is 28.2 Å². The van der Waals surface area contributed by atoms with Gasteiger partial charge in [0.15, 0.2) is 11.5 Å². The van der Waals surface area contributed by atoms with E-state index in [0.29, 0.717) is 6.04 Å². The average Bonchev–Trinajstić information content (AvgIpc) is 2.93. The predicted octanol–water partition coefficient (Wildman–Crippen LogP) is 2.12. The lowest BCUT2D eigenvalue weighted by molar-refractivity contribution is 0.0727. The Morgan fingerprint density at radius 2 is 1.68 bits per heavy atom. The van der Waals surface area contributed by atoms with Crippen molar-refractivity contribution in [3.63, 3.8) is 0 Å². The van der Waals surface area contributed by atoms with Crippen LogP contribution in [-0.4, -0.2) is 57.8 Å². The molecule has 1 aromatic rings. The summed E-state index contributed by atoms with van der Waals surface area (Å²) in [5, 5.41) is 9.59. The van der Waals surface area contributed by atoms with E-state index in [1.807, 2.05) is 24.3 Å². The number of hydrogen-bond donors (Lipinski definition) is 1. The van der Waals surface area contributed by atoms with E-state index >= 15 is 0 Å². The number of para-hydroxylation sites is 2. The first kappa shape index (κ1) is 17.2. The fourth-order valence-electron chi connectivity index (χ4n) is 3.56. The molecule has 1 aliphatic heterocycles. The van der Waals surface area contributed by atoms with Gasteiger partial charge in [-0.3, -0.25) is 0 Å². The van der Waals surface area contributed by atoms with Gasteiger partial charge in [-0.1, -0.05) is 12.1 Å². The molecule has 0 amide bonds. The second kappa shape index (κ2) is 7.88. The normalized spacial score (nSPS) is 30.9. The third-order valence-corrected chi connectivity index (χ3v) is 4.81. The zero-order chi connectivity index (χ0) is 16.1. The third kappa shape index (κ3) is 3.76. The second-order valence-corrected chi connectivity index (χ2v) is 6.10. The predicted molar refractivity (Wildman–Crippen MR) is 88.8 cm³/mol. The van der Waals surface area contributed by atoms with Crippen molar-refractivity contribution in [1.82, 2.24) is 4.90 Å². The van der Waals surface area contributed by atoms with Crippen LogP contribution in [-0.2, 0) is 0 Å². The molecular weight excluding hydrogens is 277 g/mol. The van der Waals surface area contributed by atoms with Gasteiger partial charge in [0.1, 0.15) is 0 Å². The minimum Gasteiger partial charge on any atom is -0.493 e. The summed E-state index contributed by atoms with van der Waals surface area (Å²) in [6.45, 7) is 1.15. The van der Waals surface area contributed by atoms with Crippen molar-refractivity contribution in [3.8, 4) is 11.5 Å². The van der Waals surface area contributed by atoms with Gasteiger partial charge in [0, 0.05) is 6.04 Å². The summed E-state index contributed by atoms with van der Waals surface area (Å²) < 4.78 is 10.0. The first-order valence-corrected chi connectivity index (χ1v) is 7.89. The van der Waals surface area contributed by atoms with E-state index in [-0.39, 0.29) is 11.9 Å². The highest BCUT2D eigenvalue weighted by Crippen LogP contribution is 2.40. The third-order valence-electron chi connectivity index (χ3n) is 4.81. The summed E-state index contributed by atoms with van der Waals surface area (Å²) >= 11 is 0. The summed E-state index contributed by atoms with van der Waals surface area (Å²) in [5.41, 5.74) is 0. The first-order valence-electron chi connectivity index (χ1n) is 7.89. The lowest BCUT2D eigenvalue weighted by Gasteiger charge is -2.38. The smallest absolute Gasteiger partial charge is 0.160 e. The van der Waals surface area contributed by atoms with Gasteiger partial charge in [0.25, 0.3) is 0 Å². The Kier molecular flexibility index (Phi) is 6.15. The quantitative estimate of drug-likeness (QED) is 0.850. The molecule has 22 heavy (non-hydrogen) atoms. The minimum atomic E-state index is -0.271. The molecular formula is C17H26BNO3. The molecule has 3 rings (SSSR count). The Bertz CT molecular complexity index is 448. The molecule has 2 radical (unpaired) electrons. The molecule has 1 aromatic carbocycles. The number of rotatable bonds is 2. The Balaban J connectivity index is 0.000000164. The highest BCUT2D eigenvalue weighted by molar-refractivity contribution is 6.12. The Morgan fingerprint density at radius 3 is 2.23 bits per heavy atom. The van der Waals surface area contributed by atoms with Crippen LogP contribution in [0.5, 0.6) is 11.5 Å². The fraction of sp³-hybridized carbons (Fsp3) is 0.647. The summed E-state index contributed by atoms with van der Waals surface area (Å²) in [5.74, 6) is 2.26. The SMILES string of the molecule is COc1ccccc1OC.[B]C1C(O)CCC2CCN(C)C21. The maximum atomic E-state index is 9.59. The first-order chi connectivity index (χ1) is 10.6. The molecule has 2 aliphatic rings. The van der Waals surface area contributed by atoms with Gasteiger partial charge in [-0.15, -0.1) is 0 Å². The average molecular weight is 303 g/mol. The lowest BCUT2D eigenvalue weighted by Crippen LogP contribution is -2.42. The highest BCUT2D eigenvalue weighted by Gasteiger charge is 2.41. The van der Waals surface area contributed by atoms with Crippen molar-refractivity contribution in [3.05, 3.63) is 24.3 Å². The minimum absolute atomic E-state index is 0.0174. The molecule has 1 saturated carbocycles. The van der Waals surface area contributed by atoms with Crippen LogP contribution in [0.25, 0.3) is 0 Å². The van der Waals surface area contributed by atoms with Gasteiger partial charge in [-0.2, -0.15) is 0 Å². The van der Waals surface area contributed by atoms with Gasteiger partial charge in [0.2, 0.25) is 0 Å². The molecule has 4 unspecified atom stereocenters. The van der Waals surface area contributed by atoms with Crippen molar-refractivity contribution in [2.45, 2.75) is 37.2 Å². The number of fused-ring (bicyclic) bond motifs is 1. The molecule has 0 bridgehead atoms. The molecule has 120 valence electrons. The van der Waals surface area contributed by atoms with E-state index in [4.69, 9.17) is 17.3 Å². The van der Waals surface area contributed by atoms with Gasteiger partial charge >= 0.3 is 0 Å². The maximum Gasteiger partial charge on any atom is 0.160 e. The van der Waals surface area contributed by atoms with Gasteiger partial charge < -0.3 is 19.5 Å². The van der Waals surface area contributed by atoms with Crippen LogP contribution in [0, 0.1) is 5.92 Å². The molecule has 0 spiro atoms. The zero-order valence-corrected chi connectivity index (χ0v) is 13.7. The maximum absolute atomic E-state index is 9.59. The van der Waals surface area contributed by atoms with Crippen molar-refractivity contribution in [1.29, 1.82) is 0 Å². The van der Waals surface area contributed by atoms with E-state index in [1.54, 1.807) is 14.2 Å². The topological polar surface area (TPSA) is 41.9 Å². The lowest BCUT2D eigenvalue weighted by atomic mass is 9.66. The number of benzene rings is 1. The Labute approximate surface area is 134 Å². The van der Waals surface area contributed by atoms with Crippen LogP contribution in [0.3, 0.4) is 0 Å². The van der Waals surface area contributed by atoms with Crippen molar-refractivity contribution < 1.29 is 14.6 Å². The summed E-state index contributed by atoms with van der Waals surface area (Å²) in [6, 6.07) is 7.97. The number of methoxy groups -OCH3 is 2. The second-order valence-electron chi connectivity index (χ2n) is 6.10. The summed E-state index contributed by atoms with van der Waals surface area (Å²) in [7, 11) is 11.3. The Hall–Kier alpha value is -1.20. The van der Waals surface area contributed by atoms with Crippen LogP contribution in [0.15, 0.2) is 24.3 Å². The highest BCUT2D eigenvalue weighted by atomic mass is 16.5. The zero-order valence-electron chi connectivity index (χ0n) is 13.7. The van der Waals surface area contributed by atoms with Crippen LogP contribution >= 0.6 is 0 Å². The molecule has 2 fully saturated rings. The molecule has 5 heteroatoms. The van der Waals surface area contributed by atoms with Crippen LogP contribution in [0.1, 0.15) is 19.3 Å². The number of ether oxygens (including phenoxy) is 2. The fourth-order valence-corrected chi connectivity index (χ4v) is 3.56. The Morgan fingerprint density at radius 1 is 1.09 bits per heavy atom. The van der Waals surface area contributed by atoms with E-state index in [9.17, 15) is 5.11 Å². The van der Waals surface area contributed by atoms with Crippen LogP contribution in [0.4, 0.5) is 0 Å². The number of likely N-dealkylation sites (tertiary alicyclic amines) is 1. The largest absolute Gasteiger partial charge is 0.493 e. The molecule has 0 aromatic heterocycles. The van der Waals surface area contributed by atoms with Crippen molar-refractivity contribution in [2.75, 3.05) is 27.8 Å². The monoisotopic (exact) mass is 303 g/mol. The van der Waals surface area contributed by atoms with Crippen LogP contribution in [0.2, 0.25) is 5.82 Å². The van der Waals surface area contributed by atoms with Gasteiger partial charge in [-0.05, 0) is 56.7 Å². The molecule has 1 saturated heterocycles. The number of aliphatic hydroxyl groups is 1. The van der Waals surface area contributed by atoms with Gasteiger partial charge in [-0.25, -0.2) is 0 Å². The van der Waals surface area contributed by atoms with Crippen molar-refractivity contribution in [2.24, 2.45) is 5.92 Å². The van der Waals surface area contributed by atoms with E-state index in [0.717, 1.165) is 36.8 Å². The molecule has 1 aliphatic carbocycles. The summed E-state index contributed by atoms with van der Waals surface area (Å²) in [4.78, 5) is 2.30.